The third-order valence-corrected chi connectivity index (χ3v) is 3.85. The number of hydrogen-bond donors (Lipinski definition) is 2. The lowest BCUT2D eigenvalue weighted by molar-refractivity contribution is -0.136. The number of esters is 1. The van der Waals surface area contributed by atoms with Crippen molar-refractivity contribution in [1.82, 2.24) is 0 Å². The molecule has 0 amide bonds. The Kier molecular flexibility index (Phi) is 7.06. The molecule has 0 rings (SSSR count). The third kappa shape index (κ3) is 4.12. The van der Waals surface area contributed by atoms with E-state index in [0.717, 1.165) is 7.11 Å². The molecule has 0 radical (unpaired) electrons. The molecule has 0 aliphatic rings. The lowest BCUT2D eigenvalue weighted by Crippen LogP contribution is -2.17. The molecule has 7 nitrogen and oxygen atoms in total. The standard InChI is InChI=1S/C9H18NO6P/c1-4-15-17(13,16-5-2)8(10)7(6-11)9(12)14-3/h11H,4-6,10H2,1-3H3/b8-7-. The zero-order valence-corrected chi connectivity index (χ0v) is 11.0. The Morgan fingerprint density at radius 3 is 2.06 bits per heavy atom. The number of nitrogens with two attached hydrogens (primary N) is 1. The largest absolute Gasteiger partial charge is 0.466 e. The minimum absolute atomic E-state index is 0.0951. The molecule has 0 unspecified atom stereocenters. The van der Waals surface area contributed by atoms with Crippen molar-refractivity contribution in [2.45, 2.75) is 13.8 Å². The SMILES string of the molecule is CCOP(=O)(OCC)/C(N)=C(/CO)C(=O)OC. The Morgan fingerprint density at radius 1 is 1.29 bits per heavy atom. The number of aliphatic hydroxyl groups excluding tert-OH is 1. The molecule has 0 saturated carbocycles. The maximum absolute atomic E-state index is 12.2. The molecule has 0 heterocycles. The van der Waals surface area contributed by atoms with Crippen LogP contribution in [-0.2, 0) is 23.1 Å². The van der Waals surface area contributed by atoms with E-state index in [1.165, 1.54) is 0 Å². The highest BCUT2D eigenvalue weighted by Crippen LogP contribution is 2.54. The Balaban J connectivity index is 5.41. The highest BCUT2D eigenvalue weighted by atomic mass is 31.2. The van der Waals surface area contributed by atoms with Crippen molar-refractivity contribution in [3.8, 4) is 0 Å². The van der Waals surface area contributed by atoms with Crippen LogP contribution >= 0.6 is 7.60 Å². The summed E-state index contributed by atoms with van der Waals surface area (Å²) in [5.74, 6) is -0.871. The monoisotopic (exact) mass is 267 g/mol. The summed E-state index contributed by atoms with van der Waals surface area (Å²) in [6, 6.07) is 0. The lowest BCUT2D eigenvalue weighted by atomic mass is 10.3. The first-order valence-electron chi connectivity index (χ1n) is 5.04. The molecule has 0 saturated heterocycles. The molecule has 0 spiro atoms. The number of methoxy groups -OCH3 is 1. The highest BCUT2D eigenvalue weighted by molar-refractivity contribution is 7.58. The van der Waals surface area contributed by atoms with Gasteiger partial charge in [0.15, 0.2) is 0 Å². The van der Waals surface area contributed by atoms with Gasteiger partial charge in [-0.1, -0.05) is 0 Å². The predicted octanol–water partition coefficient (Wildman–Crippen LogP) is 0.588. The van der Waals surface area contributed by atoms with Crippen LogP contribution in [0.2, 0.25) is 0 Å². The van der Waals surface area contributed by atoms with Crippen molar-refractivity contribution < 1.29 is 28.3 Å². The number of carbonyl (C=O) groups is 1. The first kappa shape index (κ1) is 16.1. The van der Waals surface area contributed by atoms with Crippen LogP contribution in [0.25, 0.3) is 0 Å². The van der Waals surface area contributed by atoms with Gasteiger partial charge in [-0.25, -0.2) is 4.79 Å². The summed E-state index contributed by atoms with van der Waals surface area (Å²) >= 11 is 0. The van der Waals surface area contributed by atoms with E-state index in [1.54, 1.807) is 13.8 Å². The van der Waals surface area contributed by atoms with Gasteiger partial charge in [0.25, 0.3) is 0 Å². The molecule has 100 valence electrons. The summed E-state index contributed by atoms with van der Waals surface area (Å²) in [7, 11) is -2.63. The first-order chi connectivity index (χ1) is 7.96. The summed E-state index contributed by atoms with van der Waals surface area (Å²) < 4.78 is 26.5. The fourth-order valence-corrected chi connectivity index (χ4v) is 2.58. The quantitative estimate of drug-likeness (QED) is 0.394. The van der Waals surface area contributed by atoms with Gasteiger partial charge < -0.3 is 24.6 Å². The lowest BCUT2D eigenvalue weighted by Gasteiger charge is -2.18. The van der Waals surface area contributed by atoms with E-state index in [0.29, 0.717) is 0 Å². The predicted molar refractivity (Wildman–Crippen MR) is 61.2 cm³/mol. The highest BCUT2D eigenvalue weighted by Gasteiger charge is 2.32. The van der Waals surface area contributed by atoms with Gasteiger partial charge in [0.05, 0.1) is 32.5 Å². The van der Waals surface area contributed by atoms with Crippen LogP contribution < -0.4 is 5.73 Å². The Morgan fingerprint density at radius 2 is 1.76 bits per heavy atom. The van der Waals surface area contributed by atoms with Crippen molar-refractivity contribution in [3.05, 3.63) is 11.0 Å². The number of carbonyl (C=O) groups excluding carboxylic acids is 1. The molecule has 0 aromatic heterocycles. The van der Waals surface area contributed by atoms with Crippen LogP contribution in [0.3, 0.4) is 0 Å². The fourth-order valence-electron chi connectivity index (χ4n) is 1.05. The van der Waals surface area contributed by atoms with Gasteiger partial charge in [0.2, 0.25) is 0 Å². The van der Waals surface area contributed by atoms with E-state index in [4.69, 9.17) is 19.9 Å². The minimum Gasteiger partial charge on any atom is -0.466 e. The molecule has 0 aliphatic carbocycles. The van der Waals surface area contributed by atoms with Gasteiger partial charge in [-0.15, -0.1) is 0 Å². The fraction of sp³-hybridized carbons (Fsp3) is 0.667. The van der Waals surface area contributed by atoms with Crippen molar-refractivity contribution in [2.75, 3.05) is 26.9 Å². The molecule has 0 atom stereocenters. The third-order valence-electron chi connectivity index (χ3n) is 1.79. The topological polar surface area (TPSA) is 108 Å². The zero-order valence-electron chi connectivity index (χ0n) is 10.1. The van der Waals surface area contributed by atoms with Gasteiger partial charge in [-0.3, -0.25) is 4.57 Å². The maximum atomic E-state index is 12.2. The van der Waals surface area contributed by atoms with Gasteiger partial charge >= 0.3 is 13.6 Å². The number of rotatable bonds is 7. The summed E-state index contributed by atoms with van der Waals surface area (Å²) in [5.41, 5.74) is 4.82. The Labute approximate surface area is 100 Å². The van der Waals surface area contributed by atoms with Crippen LogP contribution in [0.4, 0.5) is 0 Å². The summed E-state index contributed by atoms with van der Waals surface area (Å²) in [5, 5.41) is 9.03. The number of hydrogen-bond acceptors (Lipinski definition) is 7. The first-order valence-corrected chi connectivity index (χ1v) is 6.58. The van der Waals surface area contributed by atoms with Crippen LogP contribution in [0.15, 0.2) is 11.0 Å². The van der Waals surface area contributed by atoms with E-state index in [9.17, 15) is 9.36 Å². The summed E-state index contributed by atoms with van der Waals surface area (Å²) in [6.45, 7) is 2.70. The molecule has 0 bridgehead atoms. The Hall–Kier alpha value is -0.880. The number of aliphatic hydroxyl groups is 1. The average molecular weight is 267 g/mol. The molecule has 3 N–H and O–H groups in total. The van der Waals surface area contributed by atoms with E-state index in [-0.39, 0.29) is 18.8 Å². The normalized spacial score (nSPS) is 13.2. The average Bonchev–Trinajstić information content (AvgIpc) is 2.30. The van der Waals surface area contributed by atoms with Crippen LogP contribution in [-0.4, -0.2) is 38.0 Å². The second-order valence-corrected chi connectivity index (χ2v) is 4.84. The molecule has 0 aromatic rings. The second-order valence-electron chi connectivity index (χ2n) is 2.85. The molecule has 0 aliphatic heterocycles. The van der Waals surface area contributed by atoms with Gasteiger partial charge in [0, 0.05) is 0 Å². The molecular weight excluding hydrogens is 249 g/mol. The van der Waals surface area contributed by atoms with Gasteiger partial charge in [0.1, 0.15) is 5.44 Å². The maximum Gasteiger partial charge on any atom is 0.377 e. The molecule has 0 fully saturated rings. The minimum atomic E-state index is -3.75. The molecule has 17 heavy (non-hydrogen) atoms. The number of ether oxygens (including phenoxy) is 1. The smallest absolute Gasteiger partial charge is 0.377 e. The second kappa shape index (κ2) is 7.45. The van der Waals surface area contributed by atoms with E-state index in [1.807, 2.05) is 0 Å². The van der Waals surface area contributed by atoms with E-state index in [2.05, 4.69) is 4.74 Å². The Bertz CT molecular complexity index is 330. The summed E-state index contributed by atoms with van der Waals surface area (Å²) in [4.78, 5) is 11.3. The van der Waals surface area contributed by atoms with E-state index >= 15 is 0 Å². The molecule has 8 heteroatoms. The van der Waals surface area contributed by atoms with Gasteiger partial charge in [-0.05, 0) is 13.8 Å². The molecular formula is C9H18NO6P. The van der Waals surface area contributed by atoms with Crippen LogP contribution in [0.5, 0.6) is 0 Å². The zero-order chi connectivity index (χ0) is 13.5. The van der Waals surface area contributed by atoms with Crippen molar-refractivity contribution >= 4 is 13.6 Å². The van der Waals surface area contributed by atoms with Crippen molar-refractivity contribution in [1.29, 1.82) is 0 Å². The van der Waals surface area contributed by atoms with Crippen molar-refractivity contribution in [3.63, 3.8) is 0 Å². The van der Waals surface area contributed by atoms with Crippen LogP contribution in [0.1, 0.15) is 13.8 Å². The molecule has 0 aromatic carbocycles. The van der Waals surface area contributed by atoms with Gasteiger partial charge in [-0.2, -0.15) is 0 Å². The van der Waals surface area contributed by atoms with Crippen molar-refractivity contribution in [2.24, 2.45) is 5.73 Å². The van der Waals surface area contributed by atoms with E-state index < -0.39 is 25.6 Å². The summed E-state index contributed by atoms with van der Waals surface area (Å²) in [6.07, 6.45) is 0. The van der Waals surface area contributed by atoms with Crippen LogP contribution in [0, 0.1) is 0 Å².